The van der Waals surface area contributed by atoms with Crippen LogP contribution in [0, 0.1) is 6.92 Å². The molecule has 0 spiro atoms. The van der Waals surface area contributed by atoms with Gasteiger partial charge in [-0.3, -0.25) is 4.98 Å². The molecule has 0 fully saturated rings. The first-order valence-electron chi connectivity index (χ1n) is 3.77. The molecule has 13 heavy (non-hydrogen) atoms. The molecule has 0 aliphatic rings. The van der Waals surface area contributed by atoms with E-state index in [1.54, 1.807) is 12.4 Å². The summed E-state index contributed by atoms with van der Waals surface area (Å²) in [7, 11) is 0. The van der Waals surface area contributed by atoms with Gasteiger partial charge in [0.1, 0.15) is 0 Å². The number of pyridine rings is 1. The lowest BCUT2D eigenvalue weighted by molar-refractivity contribution is 1.10. The zero-order chi connectivity index (χ0) is 9.26. The van der Waals surface area contributed by atoms with E-state index < -0.39 is 0 Å². The molecule has 0 aromatic carbocycles. The standard InChI is InChI=1S/C8H8N4S/c1-5-2-6(4-10-3-5)7-11-12-8(9)13-7/h2-4H,1H3,(H2,9,12). The third-order valence-corrected chi connectivity index (χ3v) is 2.36. The monoisotopic (exact) mass is 192 g/mol. The maximum Gasteiger partial charge on any atom is 0.203 e. The maximum absolute atomic E-state index is 5.48. The van der Waals surface area contributed by atoms with Crippen LogP contribution in [0.25, 0.3) is 10.6 Å². The first kappa shape index (κ1) is 8.12. The third kappa shape index (κ3) is 1.65. The molecule has 0 aliphatic carbocycles. The zero-order valence-corrected chi connectivity index (χ0v) is 7.88. The number of nitrogens with zero attached hydrogens (tertiary/aromatic N) is 3. The van der Waals surface area contributed by atoms with Crippen molar-refractivity contribution in [2.75, 3.05) is 5.73 Å². The van der Waals surface area contributed by atoms with E-state index in [-0.39, 0.29) is 0 Å². The van der Waals surface area contributed by atoms with Gasteiger partial charge in [-0.2, -0.15) is 0 Å². The van der Waals surface area contributed by atoms with Gasteiger partial charge in [0.15, 0.2) is 5.01 Å². The van der Waals surface area contributed by atoms with Crippen molar-refractivity contribution in [3.63, 3.8) is 0 Å². The van der Waals surface area contributed by atoms with Crippen molar-refractivity contribution in [3.05, 3.63) is 24.0 Å². The summed E-state index contributed by atoms with van der Waals surface area (Å²) in [6.07, 6.45) is 3.56. The highest BCUT2D eigenvalue weighted by atomic mass is 32.1. The van der Waals surface area contributed by atoms with E-state index >= 15 is 0 Å². The predicted molar refractivity (Wildman–Crippen MR) is 52.3 cm³/mol. The highest BCUT2D eigenvalue weighted by Crippen LogP contribution is 2.23. The van der Waals surface area contributed by atoms with E-state index in [1.165, 1.54) is 11.3 Å². The lowest BCUT2D eigenvalue weighted by Gasteiger charge is -1.94. The fourth-order valence-corrected chi connectivity index (χ4v) is 1.61. The number of anilines is 1. The molecule has 2 aromatic rings. The Morgan fingerprint density at radius 2 is 2.15 bits per heavy atom. The van der Waals surface area contributed by atoms with Crippen LogP contribution < -0.4 is 5.73 Å². The van der Waals surface area contributed by atoms with Crippen LogP contribution in [0.5, 0.6) is 0 Å². The van der Waals surface area contributed by atoms with E-state index in [1.807, 2.05) is 13.0 Å². The van der Waals surface area contributed by atoms with Crippen LogP contribution in [-0.2, 0) is 0 Å². The molecule has 2 N–H and O–H groups in total. The quantitative estimate of drug-likeness (QED) is 0.743. The van der Waals surface area contributed by atoms with E-state index in [0.29, 0.717) is 5.13 Å². The summed E-state index contributed by atoms with van der Waals surface area (Å²) < 4.78 is 0. The minimum Gasteiger partial charge on any atom is -0.374 e. The Labute approximate surface area is 79.5 Å². The molecule has 2 aromatic heterocycles. The smallest absolute Gasteiger partial charge is 0.203 e. The second-order valence-electron chi connectivity index (χ2n) is 2.70. The van der Waals surface area contributed by atoms with Crippen molar-refractivity contribution in [1.29, 1.82) is 0 Å². The summed E-state index contributed by atoms with van der Waals surface area (Å²) >= 11 is 1.37. The summed E-state index contributed by atoms with van der Waals surface area (Å²) in [6, 6.07) is 2.01. The molecule has 2 rings (SSSR count). The fourth-order valence-electron chi connectivity index (χ4n) is 1.02. The summed E-state index contributed by atoms with van der Waals surface area (Å²) in [6.45, 7) is 1.99. The molecule has 66 valence electrons. The zero-order valence-electron chi connectivity index (χ0n) is 7.06. The second kappa shape index (κ2) is 3.10. The van der Waals surface area contributed by atoms with E-state index in [2.05, 4.69) is 15.2 Å². The highest BCUT2D eigenvalue weighted by molar-refractivity contribution is 7.18. The molecule has 0 amide bonds. The van der Waals surface area contributed by atoms with Crippen molar-refractivity contribution >= 4 is 16.5 Å². The molecular formula is C8H8N4S. The Bertz CT molecular complexity index is 424. The Hall–Kier alpha value is -1.49. The first-order valence-corrected chi connectivity index (χ1v) is 4.58. The molecule has 0 bridgehead atoms. The van der Waals surface area contributed by atoms with Gasteiger partial charge in [-0.15, -0.1) is 10.2 Å². The molecule has 0 atom stereocenters. The summed E-state index contributed by atoms with van der Waals surface area (Å²) in [5.74, 6) is 0. The Kier molecular flexibility index (Phi) is 1.94. The van der Waals surface area contributed by atoms with Gasteiger partial charge in [0.2, 0.25) is 5.13 Å². The largest absolute Gasteiger partial charge is 0.374 e. The lowest BCUT2D eigenvalue weighted by atomic mass is 10.2. The van der Waals surface area contributed by atoms with Crippen LogP contribution in [0.3, 0.4) is 0 Å². The van der Waals surface area contributed by atoms with Gasteiger partial charge in [0.25, 0.3) is 0 Å². The molecular weight excluding hydrogens is 184 g/mol. The fraction of sp³-hybridized carbons (Fsp3) is 0.125. The van der Waals surface area contributed by atoms with Gasteiger partial charge >= 0.3 is 0 Å². The molecule has 0 saturated heterocycles. The number of nitrogen functional groups attached to an aromatic ring is 1. The van der Waals surface area contributed by atoms with Crippen molar-refractivity contribution in [1.82, 2.24) is 15.2 Å². The van der Waals surface area contributed by atoms with Gasteiger partial charge in [-0.25, -0.2) is 0 Å². The van der Waals surface area contributed by atoms with Crippen molar-refractivity contribution in [2.45, 2.75) is 6.92 Å². The van der Waals surface area contributed by atoms with Crippen molar-refractivity contribution < 1.29 is 0 Å². The van der Waals surface area contributed by atoms with Crippen LogP contribution in [-0.4, -0.2) is 15.2 Å². The molecule has 0 unspecified atom stereocenters. The van der Waals surface area contributed by atoms with Gasteiger partial charge in [-0.1, -0.05) is 11.3 Å². The topological polar surface area (TPSA) is 64.7 Å². The summed E-state index contributed by atoms with van der Waals surface area (Å²) in [4.78, 5) is 4.07. The maximum atomic E-state index is 5.48. The van der Waals surface area contributed by atoms with Crippen molar-refractivity contribution in [3.8, 4) is 10.6 Å². The van der Waals surface area contributed by atoms with E-state index in [0.717, 1.165) is 16.1 Å². The van der Waals surface area contributed by atoms with Gasteiger partial charge in [0, 0.05) is 18.0 Å². The second-order valence-corrected chi connectivity index (χ2v) is 3.71. The van der Waals surface area contributed by atoms with Crippen LogP contribution in [0.1, 0.15) is 5.56 Å². The number of hydrogen-bond donors (Lipinski definition) is 1. The van der Waals surface area contributed by atoms with E-state index in [4.69, 9.17) is 5.73 Å². The average molecular weight is 192 g/mol. The number of aryl methyl sites for hydroxylation is 1. The molecule has 0 aliphatic heterocycles. The van der Waals surface area contributed by atoms with Crippen molar-refractivity contribution in [2.24, 2.45) is 0 Å². The summed E-state index contributed by atoms with van der Waals surface area (Å²) in [5.41, 5.74) is 7.55. The highest BCUT2D eigenvalue weighted by Gasteiger charge is 2.03. The molecule has 0 saturated carbocycles. The first-order chi connectivity index (χ1) is 6.25. The Morgan fingerprint density at radius 3 is 2.77 bits per heavy atom. The van der Waals surface area contributed by atoms with Crippen LogP contribution in [0.2, 0.25) is 0 Å². The van der Waals surface area contributed by atoms with Gasteiger partial charge in [0.05, 0.1) is 0 Å². The summed E-state index contributed by atoms with van der Waals surface area (Å²) in [5, 5.41) is 8.97. The lowest BCUT2D eigenvalue weighted by Crippen LogP contribution is -1.81. The normalized spacial score (nSPS) is 10.2. The number of hydrogen-bond acceptors (Lipinski definition) is 5. The van der Waals surface area contributed by atoms with Crippen LogP contribution in [0.4, 0.5) is 5.13 Å². The molecule has 5 heteroatoms. The van der Waals surface area contributed by atoms with Crippen LogP contribution >= 0.6 is 11.3 Å². The number of rotatable bonds is 1. The van der Waals surface area contributed by atoms with Gasteiger partial charge < -0.3 is 5.73 Å². The third-order valence-electron chi connectivity index (χ3n) is 1.56. The predicted octanol–water partition coefficient (Wildman–Crippen LogP) is 1.49. The number of aromatic nitrogens is 3. The minimum absolute atomic E-state index is 0.483. The average Bonchev–Trinajstić information content (AvgIpc) is 2.52. The molecule has 0 radical (unpaired) electrons. The minimum atomic E-state index is 0.483. The number of nitrogens with two attached hydrogens (primary N) is 1. The molecule has 4 nitrogen and oxygen atoms in total. The SMILES string of the molecule is Cc1cncc(-c2nnc(N)s2)c1. The van der Waals surface area contributed by atoms with Gasteiger partial charge in [-0.05, 0) is 18.6 Å². The Balaban J connectivity index is 2.46. The van der Waals surface area contributed by atoms with Crippen LogP contribution in [0.15, 0.2) is 18.5 Å². The molecule has 2 heterocycles. The Morgan fingerprint density at radius 1 is 1.31 bits per heavy atom. The van der Waals surface area contributed by atoms with E-state index in [9.17, 15) is 0 Å².